The molecule has 18 heavy (non-hydrogen) atoms. The van der Waals surface area contributed by atoms with Crippen molar-refractivity contribution >= 4 is 17.7 Å². The van der Waals surface area contributed by atoms with Gasteiger partial charge in [-0.1, -0.05) is 30.3 Å². The molecule has 1 fully saturated rings. The van der Waals surface area contributed by atoms with Gasteiger partial charge in [0.05, 0.1) is 11.4 Å². The number of aliphatic hydroxyl groups excluding tert-OH is 1. The molecule has 98 valence electrons. The number of thioether (sulfide) groups is 1. The Morgan fingerprint density at radius 1 is 1.44 bits per heavy atom. The van der Waals surface area contributed by atoms with Crippen LogP contribution in [0.1, 0.15) is 31.4 Å². The average Bonchev–Trinajstić information content (AvgIpc) is 3.20. The van der Waals surface area contributed by atoms with E-state index in [9.17, 15) is 9.90 Å². The van der Waals surface area contributed by atoms with E-state index in [1.54, 1.807) is 0 Å². The van der Waals surface area contributed by atoms with Crippen LogP contribution in [0.5, 0.6) is 0 Å². The van der Waals surface area contributed by atoms with Crippen molar-refractivity contribution < 1.29 is 9.90 Å². The SMILES string of the molecule is CC(SCC(O)c1ccccc1)C(=O)NC1CC1. The summed E-state index contributed by atoms with van der Waals surface area (Å²) in [7, 11) is 0. The maximum absolute atomic E-state index is 11.7. The lowest BCUT2D eigenvalue weighted by Gasteiger charge is -2.15. The van der Waals surface area contributed by atoms with Gasteiger partial charge in [-0.3, -0.25) is 4.79 Å². The zero-order valence-electron chi connectivity index (χ0n) is 10.5. The van der Waals surface area contributed by atoms with Gasteiger partial charge in [-0.25, -0.2) is 0 Å². The molecule has 1 aliphatic carbocycles. The lowest BCUT2D eigenvalue weighted by Crippen LogP contribution is -2.32. The van der Waals surface area contributed by atoms with Crippen LogP contribution in [-0.2, 0) is 4.79 Å². The lowest BCUT2D eigenvalue weighted by atomic mass is 10.1. The van der Waals surface area contributed by atoms with Crippen molar-refractivity contribution in [2.45, 2.75) is 37.2 Å². The Morgan fingerprint density at radius 2 is 2.11 bits per heavy atom. The highest BCUT2D eigenvalue weighted by atomic mass is 32.2. The first-order chi connectivity index (χ1) is 8.66. The quantitative estimate of drug-likeness (QED) is 0.828. The smallest absolute Gasteiger partial charge is 0.233 e. The van der Waals surface area contributed by atoms with Crippen LogP contribution in [-0.4, -0.2) is 28.1 Å². The van der Waals surface area contributed by atoms with Crippen molar-refractivity contribution in [3.63, 3.8) is 0 Å². The van der Waals surface area contributed by atoms with Crippen LogP contribution in [0.3, 0.4) is 0 Å². The van der Waals surface area contributed by atoms with Gasteiger partial charge in [-0.15, -0.1) is 11.8 Å². The third-order valence-electron chi connectivity index (χ3n) is 2.98. The second-order valence-corrected chi connectivity index (χ2v) is 6.06. The number of carbonyl (C=O) groups is 1. The van der Waals surface area contributed by atoms with Crippen molar-refractivity contribution in [3.8, 4) is 0 Å². The standard InChI is InChI=1S/C14H19NO2S/c1-10(14(17)15-12-7-8-12)18-9-13(16)11-5-3-2-4-6-11/h2-6,10,12-13,16H,7-9H2,1H3,(H,15,17). The van der Waals surface area contributed by atoms with E-state index in [0.717, 1.165) is 18.4 Å². The molecule has 0 bridgehead atoms. The molecule has 0 radical (unpaired) electrons. The average molecular weight is 265 g/mol. The Labute approximate surface area is 112 Å². The number of nitrogens with one attached hydrogen (secondary N) is 1. The molecular weight excluding hydrogens is 246 g/mol. The van der Waals surface area contributed by atoms with E-state index in [1.807, 2.05) is 37.3 Å². The van der Waals surface area contributed by atoms with E-state index in [0.29, 0.717) is 11.8 Å². The minimum absolute atomic E-state index is 0.0859. The van der Waals surface area contributed by atoms with E-state index in [1.165, 1.54) is 11.8 Å². The maximum Gasteiger partial charge on any atom is 0.233 e. The molecule has 2 rings (SSSR count). The Bertz CT molecular complexity index is 392. The molecule has 1 saturated carbocycles. The van der Waals surface area contributed by atoms with Gasteiger partial charge in [0.25, 0.3) is 0 Å². The highest BCUT2D eigenvalue weighted by Crippen LogP contribution is 2.23. The molecule has 0 spiro atoms. The van der Waals surface area contributed by atoms with E-state index >= 15 is 0 Å². The molecule has 2 N–H and O–H groups in total. The summed E-state index contributed by atoms with van der Waals surface area (Å²) in [6, 6.07) is 9.95. The molecule has 2 atom stereocenters. The first kappa shape index (κ1) is 13.4. The summed E-state index contributed by atoms with van der Waals surface area (Å²) in [5.41, 5.74) is 0.903. The van der Waals surface area contributed by atoms with Crippen molar-refractivity contribution in [3.05, 3.63) is 35.9 Å². The van der Waals surface area contributed by atoms with Crippen LogP contribution in [0, 0.1) is 0 Å². The van der Waals surface area contributed by atoms with E-state index < -0.39 is 6.10 Å². The van der Waals surface area contributed by atoms with E-state index in [-0.39, 0.29) is 11.2 Å². The van der Waals surface area contributed by atoms with Gasteiger partial charge in [-0.05, 0) is 25.3 Å². The van der Waals surface area contributed by atoms with Crippen LogP contribution in [0.15, 0.2) is 30.3 Å². The first-order valence-electron chi connectivity index (χ1n) is 6.32. The second kappa shape index (κ2) is 6.25. The van der Waals surface area contributed by atoms with Crippen molar-refractivity contribution in [2.24, 2.45) is 0 Å². The Hall–Kier alpha value is -1.00. The van der Waals surface area contributed by atoms with Crippen LogP contribution >= 0.6 is 11.8 Å². The zero-order chi connectivity index (χ0) is 13.0. The van der Waals surface area contributed by atoms with Gasteiger partial charge < -0.3 is 10.4 Å². The van der Waals surface area contributed by atoms with Gasteiger partial charge >= 0.3 is 0 Å². The van der Waals surface area contributed by atoms with Gasteiger partial charge in [0, 0.05) is 11.8 Å². The van der Waals surface area contributed by atoms with Gasteiger partial charge in [0.1, 0.15) is 0 Å². The normalized spacial score (nSPS) is 18.1. The molecule has 1 aromatic rings. The van der Waals surface area contributed by atoms with Gasteiger partial charge in [0.15, 0.2) is 0 Å². The molecule has 0 heterocycles. The van der Waals surface area contributed by atoms with Gasteiger partial charge in [0.2, 0.25) is 5.91 Å². The number of carbonyl (C=O) groups excluding carboxylic acids is 1. The topological polar surface area (TPSA) is 49.3 Å². The summed E-state index contributed by atoms with van der Waals surface area (Å²) in [5.74, 6) is 0.631. The van der Waals surface area contributed by atoms with E-state index in [2.05, 4.69) is 5.32 Å². The minimum Gasteiger partial charge on any atom is -0.388 e. The maximum atomic E-state index is 11.7. The number of benzene rings is 1. The molecule has 2 unspecified atom stereocenters. The Kier molecular flexibility index (Phi) is 4.66. The molecule has 4 heteroatoms. The Morgan fingerprint density at radius 3 is 2.72 bits per heavy atom. The summed E-state index contributed by atoms with van der Waals surface area (Å²) in [4.78, 5) is 11.7. The summed E-state index contributed by atoms with van der Waals surface area (Å²) >= 11 is 1.50. The highest BCUT2D eigenvalue weighted by molar-refractivity contribution is 8.00. The summed E-state index contributed by atoms with van der Waals surface area (Å²) in [6.07, 6.45) is 1.71. The van der Waals surface area contributed by atoms with Crippen molar-refractivity contribution in [2.75, 3.05) is 5.75 Å². The largest absolute Gasteiger partial charge is 0.388 e. The number of aliphatic hydroxyl groups is 1. The fourth-order valence-electron chi connectivity index (χ4n) is 1.63. The van der Waals surface area contributed by atoms with Crippen LogP contribution < -0.4 is 5.32 Å². The van der Waals surface area contributed by atoms with Crippen LogP contribution in [0.25, 0.3) is 0 Å². The van der Waals surface area contributed by atoms with Crippen molar-refractivity contribution in [1.29, 1.82) is 0 Å². The molecule has 0 aromatic heterocycles. The molecular formula is C14H19NO2S. The number of hydrogen-bond acceptors (Lipinski definition) is 3. The minimum atomic E-state index is -0.507. The second-order valence-electron chi connectivity index (χ2n) is 4.68. The molecule has 0 saturated heterocycles. The predicted molar refractivity (Wildman–Crippen MR) is 74.5 cm³/mol. The van der Waals surface area contributed by atoms with Crippen LogP contribution in [0.2, 0.25) is 0 Å². The summed E-state index contributed by atoms with van der Waals surface area (Å²) in [5, 5.41) is 12.9. The summed E-state index contributed by atoms with van der Waals surface area (Å²) in [6.45, 7) is 1.89. The van der Waals surface area contributed by atoms with E-state index in [4.69, 9.17) is 0 Å². The molecule has 3 nitrogen and oxygen atoms in total. The van der Waals surface area contributed by atoms with Crippen molar-refractivity contribution in [1.82, 2.24) is 5.32 Å². The number of amides is 1. The monoisotopic (exact) mass is 265 g/mol. The fraction of sp³-hybridized carbons (Fsp3) is 0.500. The molecule has 1 aliphatic rings. The lowest BCUT2D eigenvalue weighted by molar-refractivity contribution is -0.120. The molecule has 0 aliphatic heterocycles. The summed E-state index contributed by atoms with van der Waals surface area (Å²) < 4.78 is 0. The highest BCUT2D eigenvalue weighted by Gasteiger charge is 2.26. The third kappa shape index (κ3) is 4.03. The van der Waals surface area contributed by atoms with Crippen LogP contribution in [0.4, 0.5) is 0 Å². The first-order valence-corrected chi connectivity index (χ1v) is 7.36. The molecule has 1 aromatic carbocycles. The Balaban J connectivity index is 1.74. The fourth-order valence-corrected chi connectivity index (χ4v) is 2.51. The number of rotatable bonds is 6. The van der Waals surface area contributed by atoms with Gasteiger partial charge in [-0.2, -0.15) is 0 Å². The number of hydrogen-bond donors (Lipinski definition) is 2. The third-order valence-corrected chi connectivity index (χ3v) is 4.20. The zero-order valence-corrected chi connectivity index (χ0v) is 11.3. The molecule has 1 amide bonds. The predicted octanol–water partition coefficient (Wildman–Crippen LogP) is 2.12.